The molecule has 0 aliphatic carbocycles. The predicted molar refractivity (Wildman–Crippen MR) is 69.5 cm³/mol. The molecule has 0 N–H and O–H groups in total. The van der Waals surface area contributed by atoms with Crippen LogP contribution in [0.25, 0.3) is 0 Å². The summed E-state index contributed by atoms with van der Waals surface area (Å²) < 4.78 is 5.34. The summed E-state index contributed by atoms with van der Waals surface area (Å²) in [7, 11) is 0. The highest BCUT2D eigenvalue weighted by Crippen LogP contribution is 2.17. The van der Waals surface area contributed by atoms with Gasteiger partial charge in [-0.1, -0.05) is 51.1 Å². The second kappa shape index (κ2) is 7.10. The largest absolute Gasteiger partial charge is 0.461 e. The molecule has 0 aliphatic heterocycles. The molecule has 0 bridgehead atoms. The Morgan fingerprint density at radius 1 is 1.24 bits per heavy atom. The second-order valence-electron chi connectivity index (χ2n) is 4.83. The summed E-state index contributed by atoms with van der Waals surface area (Å²) in [5.74, 6) is 0.507. The predicted octanol–water partition coefficient (Wildman–Crippen LogP) is 3.80. The van der Waals surface area contributed by atoms with Crippen LogP contribution in [0.1, 0.15) is 39.2 Å². The molecule has 1 unspecified atom stereocenters. The topological polar surface area (TPSA) is 26.3 Å². The number of hydrogen-bond acceptors (Lipinski definition) is 2. The van der Waals surface area contributed by atoms with Crippen LogP contribution < -0.4 is 0 Å². The molecule has 0 saturated heterocycles. The summed E-state index contributed by atoms with van der Waals surface area (Å²) in [6.45, 7) is 6.69. The summed E-state index contributed by atoms with van der Waals surface area (Å²) >= 11 is 0. The lowest BCUT2D eigenvalue weighted by atomic mass is 9.95. The quantitative estimate of drug-likeness (QED) is 0.700. The Morgan fingerprint density at radius 3 is 2.41 bits per heavy atom. The lowest BCUT2D eigenvalue weighted by Gasteiger charge is -2.16. The number of esters is 1. The van der Waals surface area contributed by atoms with Crippen LogP contribution in [0.2, 0.25) is 0 Å². The zero-order valence-corrected chi connectivity index (χ0v) is 11.0. The van der Waals surface area contributed by atoms with E-state index in [0.717, 1.165) is 18.4 Å². The molecule has 0 heterocycles. The van der Waals surface area contributed by atoms with Gasteiger partial charge < -0.3 is 4.74 Å². The summed E-state index contributed by atoms with van der Waals surface area (Å²) in [4.78, 5) is 11.9. The molecule has 0 spiro atoms. The van der Waals surface area contributed by atoms with Gasteiger partial charge in [0, 0.05) is 0 Å². The highest BCUT2D eigenvalue weighted by atomic mass is 16.5. The smallest absolute Gasteiger partial charge is 0.309 e. The van der Waals surface area contributed by atoms with E-state index in [4.69, 9.17) is 4.74 Å². The van der Waals surface area contributed by atoms with Gasteiger partial charge in [0.05, 0.1) is 5.92 Å². The van der Waals surface area contributed by atoms with Crippen LogP contribution in [-0.2, 0) is 16.1 Å². The van der Waals surface area contributed by atoms with Gasteiger partial charge in [0.2, 0.25) is 0 Å². The first-order chi connectivity index (χ1) is 8.13. The first kappa shape index (κ1) is 13.8. The van der Waals surface area contributed by atoms with Crippen molar-refractivity contribution in [1.82, 2.24) is 0 Å². The first-order valence-corrected chi connectivity index (χ1v) is 6.34. The van der Waals surface area contributed by atoms with Gasteiger partial charge in [0.1, 0.15) is 6.61 Å². The SMILES string of the molecule is CCC(CC(C)C)C(=O)OCc1ccccc1. The van der Waals surface area contributed by atoms with E-state index in [1.165, 1.54) is 0 Å². The van der Waals surface area contributed by atoms with Crippen LogP contribution in [0, 0.1) is 11.8 Å². The Balaban J connectivity index is 2.42. The van der Waals surface area contributed by atoms with Crippen molar-refractivity contribution < 1.29 is 9.53 Å². The fourth-order valence-corrected chi connectivity index (χ4v) is 1.85. The summed E-state index contributed by atoms with van der Waals surface area (Å²) in [5.41, 5.74) is 1.04. The van der Waals surface area contributed by atoms with Crippen LogP contribution in [0.15, 0.2) is 30.3 Å². The van der Waals surface area contributed by atoms with Gasteiger partial charge in [-0.2, -0.15) is 0 Å². The van der Waals surface area contributed by atoms with E-state index in [-0.39, 0.29) is 11.9 Å². The molecular weight excluding hydrogens is 212 g/mol. The van der Waals surface area contributed by atoms with E-state index in [9.17, 15) is 4.79 Å². The zero-order valence-electron chi connectivity index (χ0n) is 11.0. The van der Waals surface area contributed by atoms with Crippen LogP contribution in [-0.4, -0.2) is 5.97 Å². The number of hydrogen-bond donors (Lipinski definition) is 0. The molecular formula is C15H22O2. The summed E-state index contributed by atoms with van der Waals surface area (Å²) in [5, 5.41) is 0. The van der Waals surface area contributed by atoms with Gasteiger partial charge in [0.25, 0.3) is 0 Å². The van der Waals surface area contributed by atoms with E-state index in [0.29, 0.717) is 12.5 Å². The van der Waals surface area contributed by atoms with Crippen LogP contribution in [0.4, 0.5) is 0 Å². The normalized spacial score (nSPS) is 12.5. The molecule has 2 heteroatoms. The highest BCUT2D eigenvalue weighted by molar-refractivity contribution is 5.72. The number of ether oxygens (including phenoxy) is 1. The molecule has 2 nitrogen and oxygen atoms in total. The van der Waals surface area contributed by atoms with E-state index in [2.05, 4.69) is 13.8 Å². The van der Waals surface area contributed by atoms with Crippen molar-refractivity contribution in [2.75, 3.05) is 0 Å². The van der Waals surface area contributed by atoms with Gasteiger partial charge in [-0.25, -0.2) is 0 Å². The third kappa shape index (κ3) is 5.03. The molecule has 94 valence electrons. The van der Waals surface area contributed by atoms with Crippen molar-refractivity contribution in [3.63, 3.8) is 0 Å². The Hall–Kier alpha value is -1.31. The number of carbonyl (C=O) groups is 1. The van der Waals surface area contributed by atoms with Crippen molar-refractivity contribution in [2.24, 2.45) is 11.8 Å². The second-order valence-corrected chi connectivity index (χ2v) is 4.83. The van der Waals surface area contributed by atoms with Crippen molar-refractivity contribution in [3.05, 3.63) is 35.9 Å². The maximum atomic E-state index is 11.9. The van der Waals surface area contributed by atoms with Crippen LogP contribution in [0.5, 0.6) is 0 Å². The molecule has 0 amide bonds. The van der Waals surface area contributed by atoms with Gasteiger partial charge in [-0.15, -0.1) is 0 Å². The molecule has 0 aromatic heterocycles. The number of rotatable bonds is 6. The van der Waals surface area contributed by atoms with Gasteiger partial charge in [0.15, 0.2) is 0 Å². The number of benzene rings is 1. The minimum absolute atomic E-state index is 0.0405. The fraction of sp³-hybridized carbons (Fsp3) is 0.533. The Labute approximate surface area is 104 Å². The van der Waals surface area contributed by atoms with E-state index in [1.54, 1.807) is 0 Å². The van der Waals surface area contributed by atoms with Crippen molar-refractivity contribution in [1.29, 1.82) is 0 Å². The third-order valence-corrected chi connectivity index (χ3v) is 2.81. The standard InChI is InChI=1S/C15H22O2/c1-4-14(10-12(2)3)15(16)17-11-13-8-6-5-7-9-13/h5-9,12,14H,4,10-11H2,1-3H3. The lowest BCUT2D eigenvalue weighted by Crippen LogP contribution is -2.18. The van der Waals surface area contributed by atoms with E-state index < -0.39 is 0 Å². The molecule has 0 fully saturated rings. The maximum absolute atomic E-state index is 11.9. The fourth-order valence-electron chi connectivity index (χ4n) is 1.85. The average molecular weight is 234 g/mol. The Kier molecular flexibility index (Phi) is 5.75. The van der Waals surface area contributed by atoms with Gasteiger partial charge >= 0.3 is 5.97 Å². The monoisotopic (exact) mass is 234 g/mol. The third-order valence-electron chi connectivity index (χ3n) is 2.81. The molecule has 1 rings (SSSR count). The molecule has 0 radical (unpaired) electrons. The average Bonchev–Trinajstić information content (AvgIpc) is 2.34. The van der Waals surface area contributed by atoms with Gasteiger partial charge in [-0.05, 0) is 24.3 Å². The molecule has 0 aliphatic rings. The molecule has 1 aromatic rings. The van der Waals surface area contributed by atoms with Crippen LogP contribution >= 0.6 is 0 Å². The zero-order chi connectivity index (χ0) is 12.7. The Morgan fingerprint density at radius 2 is 1.88 bits per heavy atom. The van der Waals surface area contributed by atoms with Crippen molar-refractivity contribution >= 4 is 5.97 Å². The molecule has 0 saturated carbocycles. The number of carbonyl (C=O) groups excluding carboxylic acids is 1. The van der Waals surface area contributed by atoms with E-state index in [1.807, 2.05) is 37.3 Å². The summed E-state index contributed by atoms with van der Waals surface area (Å²) in [6, 6.07) is 9.80. The minimum Gasteiger partial charge on any atom is -0.461 e. The lowest BCUT2D eigenvalue weighted by molar-refractivity contribution is -0.150. The molecule has 1 atom stereocenters. The maximum Gasteiger partial charge on any atom is 0.309 e. The molecule has 17 heavy (non-hydrogen) atoms. The van der Waals surface area contributed by atoms with Crippen molar-refractivity contribution in [2.45, 2.75) is 40.2 Å². The molecule has 1 aromatic carbocycles. The van der Waals surface area contributed by atoms with Crippen LogP contribution in [0.3, 0.4) is 0 Å². The minimum atomic E-state index is -0.0648. The highest BCUT2D eigenvalue weighted by Gasteiger charge is 2.19. The summed E-state index contributed by atoms with van der Waals surface area (Å²) in [6.07, 6.45) is 1.76. The van der Waals surface area contributed by atoms with Gasteiger partial charge in [-0.3, -0.25) is 4.79 Å². The van der Waals surface area contributed by atoms with E-state index >= 15 is 0 Å². The Bertz CT molecular complexity index is 330. The first-order valence-electron chi connectivity index (χ1n) is 6.34. The van der Waals surface area contributed by atoms with Crippen molar-refractivity contribution in [3.8, 4) is 0 Å².